The maximum atomic E-state index is 12.8. The van der Waals surface area contributed by atoms with Gasteiger partial charge in [0.2, 0.25) is 5.91 Å². The number of rotatable bonds is 8. The van der Waals surface area contributed by atoms with E-state index in [0.29, 0.717) is 5.56 Å². The molecule has 0 aromatic heterocycles. The number of carbonyl (C=O) groups is 4. The van der Waals surface area contributed by atoms with Gasteiger partial charge in [-0.3, -0.25) is 9.59 Å². The van der Waals surface area contributed by atoms with E-state index in [1.54, 1.807) is 35.6 Å². The van der Waals surface area contributed by atoms with E-state index in [0.717, 1.165) is 0 Å². The highest BCUT2D eigenvalue weighted by Gasteiger charge is 2.49. The Balaban J connectivity index is 2.55. The first kappa shape index (κ1) is 22.0. The molecule has 0 aliphatic carbocycles. The van der Waals surface area contributed by atoms with Crippen LogP contribution in [0.1, 0.15) is 15.9 Å². The van der Waals surface area contributed by atoms with Gasteiger partial charge in [0, 0.05) is 10.6 Å². The molecular formula is C18H13Cl2N3O6. The van der Waals surface area contributed by atoms with Crippen LogP contribution in [0.15, 0.2) is 58.8 Å². The lowest BCUT2D eigenvalue weighted by atomic mass is 10.0. The lowest BCUT2D eigenvalue weighted by Crippen LogP contribution is -2.59. The van der Waals surface area contributed by atoms with E-state index in [2.05, 4.69) is 10.2 Å². The van der Waals surface area contributed by atoms with Gasteiger partial charge in [-0.25, -0.2) is 9.59 Å². The number of carboxylic acid groups (broad SMARTS) is 2. The highest BCUT2D eigenvalue weighted by molar-refractivity contribution is 6.31. The van der Waals surface area contributed by atoms with E-state index >= 15 is 0 Å². The molecule has 0 bridgehead atoms. The summed E-state index contributed by atoms with van der Waals surface area (Å²) in [6.07, 6.45) is 0. The number of hydrogen-bond donors (Lipinski definition) is 3. The Morgan fingerprint density at radius 2 is 1.62 bits per heavy atom. The van der Waals surface area contributed by atoms with Crippen molar-refractivity contribution in [1.82, 2.24) is 5.32 Å². The van der Waals surface area contributed by atoms with Crippen LogP contribution in [0, 0.1) is 0 Å². The summed E-state index contributed by atoms with van der Waals surface area (Å²) in [6, 6.07) is 12.0. The summed E-state index contributed by atoms with van der Waals surface area (Å²) in [5.74, 6) is -6.29. The summed E-state index contributed by atoms with van der Waals surface area (Å²) in [5.41, 5.74) is -3.01. The van der Waals surface area contributed by atoms with Crippen molar-refractivity contribution in [2.75, 3.05) is 5.88 Å². The summed E-state index contributed by atoms with van der Waals surface area (Å²) in [6.45, 7) is 0. The Labute approximate surface area is 174 Å². The first-order valence-corrected chi connectivity index (χ1v) is 8.78. The second-order valence-electron chi connectivity index (χ2n) is 5.56. The second-order valence-corrected chi connectivity index (χ2v) is 6.26. The monoisotopic (exact) mass is 437 g/mol. The van der Waals surface area contributed by atoms with Crippen LogP contribution in [0.2, 0.25) is 5.02 Å². The standard InChI is InChI=1S/C18H13Cl2N3O6/c19-9-14(24)21-18(16(26)27,17(28)29)23-22-13-7-6-11(20)8-12(13)15(25)10-4-2-1-3-5-10/h1-8H,9H2,(H,21,24)(H,26,27)(H,28,29). The zero-order valence-corrected chi connectivity index (χ0v) is 16.0. The fraction of sp³-hybridized carbons (Fsp3) is 0.111. The Bertz CT molecular complexity index is 980. The van der Waals surface area contributed by atoms with Crippen molar-refractivity contribution in [3.8, 4) is 0 Å². The maximum Gasteiger partial charge on any atom is 0.366 e. The highest BCUT2D eigenvalue weighted by Crippen LogP contribution is 2.27. The molecule has 1 amide bonds. The number of carbonyl (C=O) groups excluding carboxylic acids is 2. The van der Waals surface area contributed by atoms with Crippen molar-refractivity contribution in [2.45, 2.75) is 5.66 Å². The average Bonchev–Trinajstić information content (AvgIpc) is 2.71. The number of ketones is 1. The third-order valence-corrected chi connectivity index (χ3v) is 4.09. The number of carboxylic acids is 2. The normalized spacial score (nSPS) is 11.2. The Morgan fingerprint density at radius 1 is 1.00 bits per heavy atom. The number of amides is 1. The van der Waals surface area contributed by atoms with Crippen molar-refractivity contribution in [2.24, 2.45) is 10.2 Å². The predicted molar refractivity (Wildman–Crippen MR) is 103 cm³/mol. The van der Waals surface area contributed by atoms with Crippen molar-refractivity contribution in [1.29, 1.82) is 0 Å². The lowest BCUT2D eigenvalue weighted by Gasteiger charge is -2.20. The fourth-order valence-electron chi connectivity index (χ4n) is 2.20. The molecule has 0 fully saturated rings. The summed E-state index contributed by atoms with van der Waals surface area (Å²) in [4.78, 5) is 47.4. The van der Waals surface area contributed by atoms with Gasteiger partial charge in [-0.15, -0.1) is 16.7 Å². The summed E-state index contributed by atoms with van der Waals surface area (Å²) >= 11 is 11.2. The zero-order chi connectivity index (χ0) is 21.6. The highest BCUT2D eigenvalue weighted by atomic mass is 35.5. The quantitative estimate of drug-likeness (QED) is 0.250. The van der Waals surface area contributed by atoms with Crippen molar-refractivity contribution >= 4 is 52.5 Å². The Morgan fingerprint density at radius 3 is 2.17 bits per heavy atom. The molecule has 0 saturated carbocycles. The number of halogens is 2. The molecule has 2 rings (SSSR count). The Hall–Kier alpha value is -3.30. The van der Waals surface area contributed by atoms with Crippen LogP contribution in [0.25, 0.3) is 0 Å². The molecule has 3 N–H and O–H groups in total. The van der Waals surface area contributed by atoms with Gasteiger partial charge in [0.05, 0.1) is 11.3 Å². The van der Waals surface area contributed by atoms with Gasteiger partial charge in [0.15, 0.2) is 5.78 Å². The van der Waals surface area contributed by atoms with Crippen LogP contribution in [-0.2, 0) is 14.4 Å². The molecule has 0 saturated heterocycles. The molecule has 9 nitrogen and oxygen atoms in total. The van der Waals surface area contributed by atoms with E-state index in [1.807, 2.05) is 0 Å². The topological polar surface area (TPSA) is 145 Å². The van der Waals surface area contributed by atoms with Gasteiger partial charge >= 0.3 is 17.6 Å². The molecule has 0 radical (unpaired) electrons. The SMILES string of the molecule is O=C(CCl)NC(N=Nc1ccc(Cl)cc1C(=O)c1ccccc1)(C(=O)O)C(=O)O. The van der Waals surface area contributed by atoms with Gasteiger partial charge in [0.1, 0.15) is 5.88 Å². The van der Waals surface area contributed by atoms with Gasteiger partial charge in [-0.2, -0.15) is 5.11 Å². The molecule has 0 unspecified atom stereocenters. The third kappa shape index (κ3) is 4.95. The number of alkyl halides is 1. The second kappa shape index (κ2) is 9.26. The summed E-state index contributed by atoms with van der Waals surface area (Å²) in [7, 11) is 0. The van der Waals surface area contributed by atoms with Crippen LogP contribution in [-0.4, -0.2) is 45.4 Å². The minimum atomic E-state index is -3.13. The van der Waals surface area contributed by atoms with Gasteiger partial charge in [-0.1, -0.05) is 41.9 Å². The van der Waals surface area contributed by atoms with Gasteiger partial charge in [-0.05, 0) is 18.2 Å². The smallest absolute Gasteiger partial charge is 0.366 e. The average molecular weight is 438 g/mol. The van der Waals surface area contributed by atoms with E-state index in [4.69, 9.17) is 23.2 Å². The molecule has 0 spiro atoms. The van der Waals surface area contributed by atoms with E-state index in [-0.39, 0.29) is 16.3 Å². The molecule has 150 valence electrons. The van der Waals surface area contributed by atoms with Gasteiger partial charge < -0.3 is 15.5 Å². The van der Waals surface area contributed by atoms with Crippen molar-refractivity contribution in [3.63, 3.8) is 0 Å². The van der Waals surface area contributed by atoms with E-state index in [9.17, 15) is 29.4 Å². The van der Waals surface area contributed by atoms with Crippen LogP contribution < -0.4 is 5.32 Å². The van der Waals surface area contributed by atoms with Crippen LogP contribution >= 0.6 is 23.2 Å². The molecule has 2 aromatic rings. The predicted octanol–water partition coefficient (Wildman–Crippen LogP) is 2.88. The molecule has 0 aliphatic heterocycles. The van der Waals surface area contributed by atoms with Gasteiger partial charge in [0.25, 0.3) is 0 Å². The van der Waals surface area contributed by atoms with Crippen LogP contribution in [0.4, 0.5) is 5.69 Å². The third-order valence-electron chi connectivity index (χ3n) is 3.61. The molecule has 29 heavy (non-hydrogen) atoms. The number of hydrogen-bond acceptors (Lipinski definition) is 6. The van der Waals surface area contributed by atoms with Crippen LogP contribution in [0.5, 0.6) is 0 Å². The minimum absolute atomic E-state index is 0.0409. The summed E-state index contributed by atoms with van der Waals surface area (Å²) < 4.78 is 0. The number of nitrogens with one attached hydrogen (secondary N) is 1. The fourth-order valence-corrected chi connectivity index (χ4v) is 2.43. The lowest BCUT2D eigenvalue weighted by molar-refractivity contribution is -0.160. The van der Waals surface area contributed by atoms with E-state index < -0.39 is 35.2 Å². The molecular weight excluding hydrogens is 425 g/mol. The van der Waals surface area contributed by atoms with Crippen molar-refractivity contribution in [3.05, 3.63) is 64.7 Å². The van der Waals surface area contributed by atoms with Crippen LogP contribution in [0.3, 0.4) is 0 Å². The molecule has 11 heteroatoms. The number of nitrogens with zero attached hydrogens (tertiary/aromatic N) is 2. The number of aliphatic carboxylic acids is 2. The molecule has 0 aliphatic rings. The first-order valence-electron chi connectivity index (χ1n) is 7.87. The largest absolute Gasteiger partial charge is 0.478 e. The molecule has 0 atom stereocenters. The Kier molecular flexibility index (Phi) is 7.03. The molecule has 2 aromatic carbocycles. The molecule has 0 heterocycles. The van der Waals surface area contributed by atoms with E-state index in [1.165, 1.54) is 18.2 Å². The number of benzene rings is 2. The zero-order valence-electron chi connectivity index (χ0n) is 14.5. The minimum Gasteiger partial charge on any atom is -0.478 e. The first-order chi connectivity index (χ1) is 13.7. The summed E-state index contributed by atoms with van der Waals surface area (Å²) in [5, 5.41) is 27.5. The maximum absolute atomic E-state index is 12.8. The van der Waals surface area contributed by atoms with Crippen molar-refractivity contribution < 1.29 is 29.4 Å². The number of azo groups is 1.